The molecule has 0 aromatic heterocycles. The molecule has 0 bridgehead atoms. The van der Waals surface area contributed by atoms with E-state index in [2.05, 4.69) is 11.9 Å². The van der Waals surface area contributed by atoms with Crippen molar-refractivity contribution < 1.29 is 10.2 Å². The van der Waals surface area contributed by atoms with Crippen LogP contribution in [-0.2, 0) is 0 Å². The van der Waals surface area contributed by atoms with E-state index < -0.39 is 0 Å². The number of nitrogens with zero attached hydrogens (tertiary/aromatic N) is 1. The van der Waals surface area contributed by atoms with E-state index >= 15 is 0 Å². The molecule has 0 fully saturated rings. The lowest BCUT2D eigenvalue weighted by Gasteiger charge is -2.14. The zero-order valence-corrected chi connectivity index (χ0v) is 12.2. The normalized spacial score (nSPS) is 11.3. The highest BCUT2D eigenvalue weighted by Crippen LogP contribution is 2.10. The monoisotopic (exact) mass is 259 g/mol. The molecule has 3 heteroatoms. The molecule has 0 spiro atoms. The molecule has 0 aromatic rings. The van der Waals surface area contributed by atoms with E-state index in [0.717, 1.165) is 19.5 Å². The minimum absolute atomic E-state index is 0.271. The second-order valence-electron chi connectivity index (χ2n) is 5.29. The Hall–Kier alpha value is -0.120. The first-order chi connectivity index (χ1) is 8.81. The fourth-order valence-corrected chi connectivity index (χ4v) is 2.19. The average Bonchev–Trinajstić information content (AvgIpc) is 2.36. The lowest BCUT2D eigenvalue weighted by molar-refractivity contribution is 0.219. The molecule has 3 nitrogen and oxygen atoms in total. The van der Waals surface area contributed by atoms with Crippen LogP contribution in [0.15, 0.2) is 0 Å². The van der Waals surface area contributed by atoms with Gasteiger partial charge in [-0.2, -0.15) is 0 Å². The van der Waals surface area contributed by atoms with Crippen molar-refractivity contribution in [2.75, 3.05) is 33.4 Å². The molecule has 0 heterocycles. The Morgan fingerprint density at radius 2 is 1.00 bits per heavy atom. The zero-order valence-electron chi connectivity index (χ0n) is 12.2. The molecular formula is C15H33NO2. The first-order valence-corrected chi connectivity index (χ1v) is 7.71. The van der Waals surface area contributed by atoms with Gasteiger partial charge in [-0.15, -0.1) is 0 Å². The van der Waals surface area contributed by atoms with Crippen LogP contribution in [-0.4, -0.2) is 48.5 Å². The molecule has 0 aliphatic carbocycles. The highest BCUT2D eigenvalue weighted by atomic mass is 16.3. The Morgan fingerprint density at radius 3 is 1.44 bits per heavy atom. The van der Waals surface area contributed by atoms with E-state index in [1.54, 1.807) is 0 Å². The first-order valence-electron chi connectivity index (χ1n) is 7.71. The van der Waals surface area contributed by atoms with Gasteiger partial charge >= 0.3 is 0 Å². The quantitative estimate of drug-likeness (QED) is 0.471. The maximum Gasteiger partial charge on any atom is 0.0558 e. The van der Waals surface area contributed by atoms with Crippen LogP contribution in [0.2, 0.25) is 0 Å². The van der Waals surface area contributed by atoms with Gasteiger partial charge in [0.1, 0.15) is 0 Å². The van der Waals surface area contributed by atoms with Crippen LogP contribution in [0.1, 0.15) is 64.2 Å². The van der Waals surface area contributed by atoms with Crippen LogP contribution in [0.5, 0.6) is 0 Å². The van der Waals surface area contributed by atoms with Gasteiger partial charge in [0.15, 0.2) is 0 Å². The third kappa shape index (κ3) is 13.9. The van der Waals surface area contributed by atoms with Crippen LogP contribution in [0, 0.1) is 0 Å². The van der Waals surface area contributed by atoms with Crippen LogP contribution < -0.4 is 0 Å². The summed E-state index contributed by atoms with van der Waals surface area (Å²) in [5.74, 6) is 0. The molecule has 0 radical (unpaired) electrons. The van der Waals surface area contributed by atoms with Gasteiger partial charge in [-0.3, -0.25) is 0 Å². The van der Waals surface area contributed by atoms with Crippen molar-refractivity contribution in [1.82, 2.24) is 4.90 Å². The van der Waals surface area contributed by atoms with Crippen LogP contribution in [0.25, 0.3) is 0 Å². The maximum absolute atomic E-state index is 8.76. The predicted octanol–water partition coefficient (Wildman–Crippen LogP) is 2.80. The number of rotatable bonds is 14. The molecule has 0 atom stereocenters. The van der Waals surface area contributed by atoms with Crippen molar-refractivity contribution in [2.45, 2.75) is 64.2 Å². The molecular weight excluding hydrogens is 226 g/mol. The van der Waals surface area contributed by atoms with Gasteiger partial charge in [-0.25, -0.2) is 0 Å². The average molecular weight is 259 g/mol. The molecule has 0 saturated carbocycles. The second-order valence-corrected chi connectivity index (χ2v) is 5.29. The maximum atomic E-state index is 8.76. The summed E-state index contributed by atoms with van der Waals surface area (Å²) >= 11 is 0. The number of unbranched alkanes of at least 4 members (excludes halogenated alkanes) is 9. The number of likely N-dealkylation sites (N-methyl/N-ethyl adjacent to an activating group) is 1. The van der Waals surface area contributed by atoms with Gasteiger partial charge in [0.05, 0.1) is 6.61 Å². The molecule has 0 amide bonds. The Labute approximate surface area is 113 Å². The van der Waals surface area contributed by atoms with Gasteiger partial charge in [0.2, 0.25) is 0 Å². The van der Waals surface area contributed by atoms with E-state index in [1.165, 1.54) is 57.8 Å². The Morgan fingerprint density at radius 1 is 0.556 bits per heavy atom. The minimum atomic E-state index is 0.271. The number of hydrogen-bond acceptors (Lipinski definition) is 3. The van der Waals surface area contributed by atoms with Gasteiger partial charge in [-0.05, 0) is 26.4 Å². The zero-order chi connectivity index (χ0) is 13.5. The van der Waals surface area contributed by atoms with Gasteiger partial charge < -0.3 is 15.1 Å². The molecule has 0 aliphatic heterocycles. The van der Waals surface area contributed by atoms with Crippen LogP contribution in [0.3, 0.4) is 0 Å². The van der Waals surface area contributed by atoms with Gasteiger partial charge in [0.25, 0.3) is 0 Å². The third-order valence-corrected chi connectivity index (χ3v) is 3.43. The molecule has 0 rings (SSSR count). The standard InChI is InChI=1S/C15H33NO2/c1-16(13-15-18)12-10-8-6-4-2-3-5-7-9-11-14-17/h17-18H,2-15H2,1H3. The number of aliphatic hydroxyl groups excluding tert-OH is 2. The fraction of sp³-hybridized carbons (Fsp3) is 1.00. The first kappa shape index (κ1) is 17.9. The summed E-state index contributed by atoms with van der Waals surface area (Å²) in [5, 5.41) is 17.4. The minimum Gasteiger partial charge on any atom is -0.396 e. The third-order valence-electron chi connectivity index (χ3n) is 3.43. The van der Waals surface area contributed by atoms with Crippen molar-refractivity contribution in [2.24, 2.45) is 0 Å². The molecule has 0 unspecified atom stereocenters. The fourth-order valence-electron chi connectivity index (χ4n) is 2.19. The van der Waals surface area contributed by atoms with Crippen molar-refractivity contribution in [1.29, 1.82) is 0 Å². The summed E-state index contributed by atoms with van der Waals surface area (Å²) in [4.78, 5) is 2.20. The summed E-state index contributed by atoms with van der Waals surface area (Å²) in [6, 6.07) is 0. The van der Waals surface area contributed by atoms with E-state index in [9.17, 15) is 0 Å². The van der Waals surface area contributed by atoms with E-state index in [4.69, 9.17) is 10.2 Å². The van der Waals surface area contributed by atoms with E-state index in [1.807, 2.05) is 0 Å². The largest absolute Gasteiger partial charge is 0.396 e. The second kappa shape index (κ2) is 14.9. The van der Waals surface area contributed by atoms with Crippen molar-refractivity contribution >= 4 is 0 Å². The summed E-state index contributed by atoms with van der Waals surface area (Å²) in [5.41, 5.74) is 0. The molecule has 0 aromatic carbocycles. The highest BCUT2D eigenvalue weighted by molar-refractivity contribution is 4.52. The van der Waals surface area contributed by atoms with Crippen molar-refractivity contribution in [3.63, 3.8) is 0 Å². The van der Waals surface area contributed by atoms with Crippen LogP contribution >= 0.6 is 0 Å². The van der Waals surface area contributed by atoms with Crippen LogP contribution in [0.4, 0.5) is 0 Å². The SMILES string of the molecule is CN(CCO)CCCCCCCCCCCCO. The van der Waals surface area contributed by atoms with Crippen molar-refractivity contribution in [3.05, 3.63) is 0 Å². The Kier molecular flexibility index (Phi) is 14.8. The lowest BCUT2D eigenvalue weighted by Crippen LogP contribution is -2.23. The topological polar surface area (TPSA) is 43.7 Å². The summed E-state index contributed by atoms with van der Waals surface area (Å²) in [6.45, 7) is 2.53. The molecule has 2 N–H and O–H groups in total. The number of hydrogen-bond donors (Lipinski definition) is 2. The molecule has 110 valence electrons. The molecule has 18 heavy (non-hydrogen) atoms. The lowest BCUT2D eigenvalue weighted by atomic mass is 10.1. The summed E-state index contributed by atoms with van der Waals surface area (Å²) in [6.07, 6.45) is 12.8. The van der Waals surface area contributed by atoms with Gasteiger partial charge in [0, 0.05) is 13.2 Å². The Bertz CT molecular complexity index is 153. The summed E-state index contributed by atoms with van der Waals surface area (Å²) in [7, 11) is 2.07. The molecule has 0 aliphatic rings. The van der Waals surface area contributed by atoms with E-state index in [-0.39, 0.29) is 6.61 Å². The van der Waals surface area contributed by atoms with Gasteiger partial charge in [-0.1, -0.05) is 51.4 Å². The predicted molar refractivity (Wildman–Crippen MR) is 77.8 cm³/mol. The Balaban J connectivity index is 2.98. The summed E-state index contributed by atoms with van der Waals surface area (Å²) < 4.78 is 0. The highest BCUT2D eigenvalue weighted by Gasteiger charge is 1.97. The molecule has 0 saturated heterocycles. The van der Waals surface area contributed by atoms with Crippen molar-refractivity contribution in [3.8, 4) is 0 Å². The van der Waals surface area contributed by atoms with E-state index in [0.29, 0.717) is 6.61 Å². The smallest absolute Gasteiger partial charge is 0.0558 e. The number of aliphatic hydroxyl groups is 2.